The number of amides is 1. The van der Waals surface area contributed by atoms with Crippen molar-refractivity contribution in [3.05, 3.63) is 96.1 Å². The number of hydrazone groups is 1. The Morgan fingerprint density at radius 2 is 1.56 bits per heavy atom. The first-order valence-electron chi connectivity index (χ1n) is 10.6. The minimum absolute atomic E-state index is 0.0415. The zero-order chi connectivity index (χ0) is 26.2. The van der Waals surface area contributed by atoms with Crippen molar-refractivity contribution in [1.82, 2.24) is 0 Å². The number of carbonyl (C=O) groups excluding carboxylic acids is 2. The number of rotatable bonds is 9. The predicted molar refractivity (Wildman–Crippen MR) is 127 cm³/mol. The number of hydrogen-bond donors (Lipinski definition) is 0. The molecule has 0 atom stereocenters. The Morgan fingerprint density at radius 1 is 0.917 bits per heavy atom. The Morgan fingerprint density at radius 3 is 2.19 bits per heavy atom. The van der Waals surface area contributed by atoms with Gasteiger partial charge in [-0.25, -0.2) is 8.42 Å². The van der Waals surface area contributed by atoms with Crippen LogP contribution in [0.15, 0.2) is 94.9 Å². The molecule has 1 amide bonds. The lowest BCUT2D eigenvalue weighted by Gasteiger charge is -2.18. The summed E-state index contributed by atoms with van der Waals surface area (Å²) in [6.07, 6.45) is -3.89. The molecule has 0 bridgehead atoms. The van der Waals surface area contributed by atoms with Gasteiger partial charge in [0, 0.05) is 0 Å². The van der Waals surface area contributed by atoms with Crippen LogP contribution in [-0.4, -0.2) is 38.9 Å². The number of benzene rings is 3. The normalized spacial score (nSPS) is 11.9. The fourth-order valence-corrected chi connectivity index (χ4v) is 4.23. The molecule has 188 valence electrons. The molecule has 0 saturated carbocycles. The van der Waals surface area contributed by atoms with E-state index in [1.165, 1.54) is 24.4 Å². The second kappa shape index (κ2) is 11.6. The molecule has 0 spiro atoms. The highest BCUT2D eigenvalue weighted by atomic mass is 32.2. The number of sulfone groups is 1. The third-order valence-corrected chi connectivity index (χ3v) is 6.54. The van der Waals surface area contributed by atoms with Gasteiger partial charge in [0.2, 0.25) is 0 Å². The minimum atomic E-state index is -4.65. The highest BCUT2D eigenvalue weighted by Gasteiger charge is 2.31. The van der Waals surface area contributed by atoms with Crippen LogP contribution in [0, 0.1) is 0 Å². The zero-order valence-electron chi connectivity index (χ0n) is 18.8. The van der Waals surface area contributed by atoms with Crippen LogP contribution in [0.4, 0.5) is 18.9 Å². The average Bonchev–Trinajstić information content (AvgIpc) is 2.87. The topological polar surface area (TPSA) is 93.1 Å². The summed E-state index contributed by atoms with van der Waals surface area (Å²) in [5, 5.41) is 4.69. The Hall–Kier alpha value is -3.99. The summed E-state index contributed by atoms with van der Waals surface area (Å²) < 4.78 is 69.1. The molecule has 0 unspecified atom stereocenters. The van der Waals surface area contributed by atoms with Crippen molar-refractivity contribution in [2.75, 3.05) is 17.4 Å². The SMILES string of the molecule is O=C(CCS(=O)(=O)c1ccccc1)OCC(=O)N(N=Cc1ccccc1)c1cccc(C(F)(F)F)c1. The molecule has 0 N–H and O–H groups in total. The molecular weight excluding hydrogens is 497 g/mol. The number of alkyl halides is 3. The standard InChI is InChI=1S/C25H21F3N2O5S/c26-25(27,28)20-10-7-11-21(16-20)30(29-17-19-8-3-1-4-9-19)23(31)18-35-24(32)14-15-36(33,34)22-12-5-2-6-13-22/h1-13,16-17H,14-15,18H2. The fraction of sp³-hybridized carbons (Fsp3) is 0.160. The lowest BCUT2D eigenvalue weighted by Crippen LogP contribution is -2.31. The summed E-state index contributed by atoms with van der Waals surface area (Å²) >= 11 is 0. The van der Waals surface area contributed by atoms with E-state index in [4.69, 9.17) is 4.74 Å². The Labute approximate surface area is 205 Å². The Kier molecular flexibility index (Phi) is 8.59. The van der Waals surface area contributed by atoms with E-state index in [9.17, 15) is 31.2 Å². The fourth-order valence-electron chi connectivity index (χ4n) is 2.99. The zero-order valence-corrected chi connectivity index (χ0v) is 19.6. The maximum absolute atomic E-state index is 13.2. The first-order chi connectivity index (χ1) is 17.1. The molecule has 3 aromatic carbocycles. The highest BCUT2D eigenvalue weighted by molar-refractivity contribution is 7.91. The smallest absolute Gasteiger partial charge is 0.416 e. The summed E-state index contributed by atoms with van der Waals surface area (Å²) in [6, 6.07) is 20.0. The summed E-state index contributed by atoms with van der Waals surface area (Å²) in [5.74, 6) is -2.42. The molecule has 0 fully saturated rings. The van der Waals surface area contributed by atoms with Crippen LogP contribution in [0.3, 0.4) is 0 Å². The van der Waals surface area contributed by atoms with E-state index in [0.717, 1.165) is 18.2 Å². The number of halogens is 3. The Bertz CT molecular complexity index is 1330. The number of nitrogens with zero attached hydrogens (tertiary/aromatic N) is 2. The predicted octanol–water partition coefficient (Wildman–Crippen LogP) is 4.48. The van der Waals surface area contributed by atoms with Gasteiger partial charge in [-0.05, 0) is 35.9 Å². The van der Waals surface area contributed by atoms with Gasteiger partial charge in [-0.1, -0.05) is 54.6 Å². The van der Waals surface area contributed by atoms with E-state index in [0.29, 0.717) is 10.6 Å². The van der Waals surface area contributed by atoms with Crippen LogP contribution >= 0.6 is 0 Å². The van der Waals surface area contributed by atoms with Crippen molar-refractivity contribution >= 4 is 33.6 Å². The van der Waals surface area contributed by atoms with Crippen LogP contribution in [0.5, 0.6) is 0 Å². The summed E-state index contributed by atoms with van der Waals surface area (Å²) in [5.41, 5.74) is -0.606. The number of hydrogen-bond acceptors (Lipinski definition) is 6. The van der Waals surface area contributed by atoms with E-state index in [2.05, 4.69) is 5.10 Å². The van der Waals surface area contributed by atoms with Crippen LogP contribution in [0.25, 0.3) is 0 Å². The van der Waals surface area contributed by atoms with E-state index in [1.54, 1.807) is 48.5 Å². The molecule has 3 rings (SSSR count). The monoisotopic (exact) mass is 518 g/mol. The second-order valence-corrected chi connectivity index (χ2v) is 9.56. The molecule has 0 aliphatic heterocycles. The quantitative estimate of drug-likeness (QED) is 0.237. The van der Waals surface area contributed by atoms with Crippen molar-refractivity contribution < 1.29 is 35.9 Å². The molecule has 11 heteroatoms. The van der Waals surface area contributed by atoms with Gasteiger partial charge >= 0.3 is 12.1 Å². The second-order valence-electron chi connectivity index (χ2n) is 7.45. The third-order valence-electron chi connectivity index (χ3n) is 4.81. The van der Waals surface area contributed by atoms with Gasteiger partial charge in [0.15, 0.2) is 16.4 Å². The molecule has 3 aromatic rings. The summed E-state index contributed by atoms with van der Waals surface area (Å²) in [6.45, 7) is -0.855. The average molecular weight is 519 g/mol. The van der Waals surface area contributed by atoms with E-state index in [-0.39, 0.29) is 10.6 Å². The van der Waals surface area contributed by atoms with Crippen LogP contribution in [0.2, 0.25) is 0 Å². The van der Waals surface area contributed by atoms with Gasteiger partial charge in [0.05, 0.1) is 34.5 Å². The van der Waals surface area contributed by atoms with E-state index < -0.39 is 52.2 Å². The third kappa shape index (κ3) is 7.51. The maximum atomic E-state index is 13.2. The number of anilines is 1. The highest BCUT2D eigenvalue weighted by Crippen LogP contribution is 2.31. The van der Waals surface area contributed by atoms with Crippen LogP contribution < -0.4 is 5.01 Å². The molecule has 0 saturated heterocycles. The lowest BCUT2D eigenvalue weighted by molar-refractivity contribution is -0.147. The van der Waals surface area contributed by atoms with Gasteiger partial charge in [0.1, 0.15) is 0 Å². The van der Waals surface area contributed by atoms with Gasteiger partial charge in [-0.2, -0.15) is 23.3 Å². The van der Waals surface area contributed by atoms with E-state index >= 15 is 0 Å². The molecule has 0 heterocycles. The van der Waals surface area contributed by atoms with E-state index in [1.807, 2.05) is 0 Å². The molecule has 0 aliphatic carbocycles. The van der Waals surface area contributed by atoms with Crippen molar-refractivity contribution in [3.8, 4) is 0 Å². The van der Waals surface area contributed by atoms with Gasteiger partial charge in [0.25, 0.3) is 5.91 Å². The number of carbonyl (C=O) groups is 2. The Balaban J connectivity index is 1.71. The van der Waals surface area contributed by atoms with Gasteiger partial charge in [-0.15, -0.1) is 0 Å². The first kappa shape index (κ1) is 26.6. The van der Waals surface area contributed by atoms with Gasteiger partial charge in [-0.3, -0.25) is 9.59 Å². The molecule has 0 aromatic heterocycles. The molecule has 0 radical (unpaired) electrons. The molecule has 0 aliphatic rings. The maximum Gasteiger partial charge on any atom is 0.416 e. The largest absolute Gasteiger partial charge is 0.455 e. The lowest BCUT2D eigenvalue weighted by atomic mass is 10.2. The number of ether oxygens (including phenoxy) is 1. The van der Waals surface area contributed by atoms with Crippen molar-refractivity contribution in [3.63, 3.8) is 0 Å². The van der Waals surface area contributed by atoms with Crippen molar-refractivity contribution in [1.29, 1.82) is 0 Å². The summed E-state index contributed by atoms with van der Waals surface area (Å²) in [7, 11) is -3.74. The molecule has 36 heavy (non-hydrogen) atoms. The van der Waals surface area contributed by atoms with Gasteiger partial charge < -0.3 is 4.74 Å². The molecule has 7 nitrogen and oxygen atoms in total. The first-order valence-corrected chi connectivity index (χ1v) is 12.2. The van der Waals surface area contributed by atoms with Crippen molar-refractivity contribution in [2.45, 2.75) is 17.5 Å². The minimum Gasteiger partial charge on any atom is -0.455 e. The number of esters is 1. The summed E-state index contributed by atoms with van der Waals surface area (Å²) in [4.78, 5) is 24.9. The van der Waals surface area contributed by atoms with Crippen LogP contribution in [0.1, 0.15) is 17.5 Å². The van der Waals surface area contributed by atoms with Crippen LogP contribution in [-0.2, 0) is 30.3 Å². The molecular formula is C25H21F3N2O5S. The van der Waals surface area contributed by atoms with Crippen molar-refractivity contribution in [2.24, 2.45) is 5.10 Å².